The fourth-order valence-corrected chi connectivity index (χ4v) is 4.25. The predicted molar refractivity (Wildman–Crippen MR) is 115 cm³/mol. The van der Waals surface area contributed by atoms with Crippen molar-refractivity contribution in [2.45, 2.75) is 38.8 Å². The number of nitrogens with zero attached hydrogens (tertiary/aromatic N) is 2. The summed E-state index contributed by atoms with van der Waals surface area (Å²) in [6.07, 6.45) is 2.22. The third-order valence-corrected chi connectivity index (χ3v) is 6.02. The van der Waals surface area contributed by atoms with Gasteiger partial charge in [0.15, 0.2) is 0 Å². The van der Waals surface area contributed by atoms with Crippen molar-refractivity contribution in [2.24, 2.45) is 5.92 Å². The lowest BCUT2D eigenvalue weighted by atomic mass is 10.0. The van der Waals surface area contributed by atoms with Crippen molar-refractivity contribution in [1.29, 1.82) is 0 Å². The molecule has 2 aromatic rings. The van der Waals surface area contributed by atoms with Gasteiger partial charge in [-0.15, -0.1) is 0 Å². The number of piperidine rings is 1. The molecule has 5 heteroatoms. The summed E-state index contributed by atoms with van der Waals surface area (Å²) in [4.78, 5) is 29.4. The molecule has 2 saturated heterocycles. The first-order valence-electron chi connectivity index (χ1n) is 10.5. The van der Waals surface area contributed by atoms with Crippen LogP contribution < -0.4 is 10.2 Å². The summed E-state index contributed by atoms with van der Waals surface area (Å²) in [5.41, 5.74) is 3.37. The molecule has 0 aliphatic carbocycles. The van der Waals surface area contributed by atoms with Gasteiger partial charge in [-0.25, -0.2) is 0 Å². The molecule has 4 rings (SSSR count). The van der Waals surface area contributed by atoms with Gasteiger partial charge in [-0.3, -0.25) is 14.5 Å². The highest BCUT2D eigenvalue weighted by Gasteiger charge is 2.36. The molecule has 2 amide bonds. The molecule has 0 radical (unpaired) electrons. The van der Waals surface area contributed by atoms with Gasteiger partial charge in [0.2, 0.25) is 11.8 Å². The van der Waals surface area contributed by atoms with Crippen LogP contribution in [0.1, 0.15) is 30.4 Å². The number of amides is 2. The molecule has 0 spiro atoms. The van der Waals surface area contributed by atoms with Crippen molar-refractivity contribution in [3.8, 4) is 0 Å². The lowest BCUT2D eigenvalue weighted by molar-refractivity contribution is -0.127. The van der Waals surface area contributed by atoms with E-state index in [0.717, 1.165) is 43.7 Å². The van der Waals surface area contributed by atoms with E-state index in [1.807, 2.05) is 37.3 Å². The van der Waals surface area contributed by atoms with Gasteiger partial charge in [-0.05, 0) is 37.5 Å². The number of hydrogen-bond donors (Lipinski definition) is 1. The zero-order valence-electron chi connectivity index (χ0n) is 17.0. The van der Waals surface area contributed by atoms with E-state index in [1.54, 1.807) is 4.90 Å². The smallest absolute Gasteiger partial charge is 0.227 e. The Balaban J connectivity index is 1.26. The zero-order chi connectivity index (χ0) is 20.2. The Hall–Kier alpha value is -2.66. The standard InChI is InChI=1S/C24H29N3O2/c1-18-7-9-22(10-8-18)27-17-20(15-23(27)28)24(29)25-21-11-13-26(14-12-21)16-19-5-3-2-4-6-19/h2-10,20-21H,11-17H2,1H3,(H,25,29)/t20-/m0/s1. The quantitative estimate of drug-likeness (QED) is 0.852. The van der Waals surface area contributed by atoms with Crippen molar-refractivity contribution in [3.05, 3.63) is 65.7 Å². The van der Waals surface area contributed by atoms with Crippen LogP contribution in [0.2, 0.25) is 0 Å². The molecule has 152 valence electrons. The number of hydrogen-bond acceptors (Lipinski definition) is 3. The number of anilines is 1. The van der Waals surface area contributed by atoms with E-state index in [0.29, 0.717) is 13.0 Å². The predicted octanol–water partition coefficient (Wildman–Crippen LogP) is 3.13. The van der Waals surface area contributed by atoms with Crippen LogP contribution in [0, 0.1) is 12.8 Å². The van der Waals surface area contributed by atoms with Crippen LogP contribution in [-0.4, -0.2) is 42.4 Å². The minimum Gasteiger partial charge on any atom is -0.353 e. The Bertz CT molecular complexity index is 842. The first kappa shape index (κ1) is 19.6. The van der Waals surface area contributed by atoms with Gasteiger partial charge in [-0.2, -0.15) is 0 Å². The summed E-state index contributed by atoms with van der Waals surface area (Å²) >= 11 is 0. The van der Waals surface area contributed by atoms with E-state index in [9.17, 15) is 9.59 Å². The van der Waals surface area contributed by atoms with Crippen LogP contribution in [0.15, 0.2) is 54.6 Å². The van der Waals surface area contributed by atoms with Crippen LogP contribution >= 0.6 is 0 Å². The van der Waals surface area contributed by atoms with Crippen molar-refractivity contribution < 1.29 is 9.59 Å². The van der Waals surface area contributed by atoms with Gasteiger partial charge in [0, 0.05) is 44.3 Å². The molecule has 2 aromatic carbocycles. The van der Waals surface area contributed by atoms with E-state index in [2.05, 4.69) is 34.5 Å². The minimum atomic E-state index is -0.258. The lowest BCUT2D eigenvalue weighted by Crippen LogP contribution is -2.46. The molecule has 5 nitrogen and oxygen atoms in total. The average molecular weight is 392 g/mol. The van der Waals surface area contributed by atoms with E-state index in [4.69, 9.17) is 0 Å². The average Bonchev–Trinajstić information content (AvgIpc) is 3.13. The maximum atomic E-state index is 12.8. The first-order chi connectivity index (χ1) is 14.1. The Morgan fingerprint density at radius 1 is 1.03 bits per heavy atom. The fourth-order valence-electron chi connectivity index (χ4n) is 4.25. The van der Waals surface area contributed by atoms with Gasteiger partial charge < -0.3 is 10.2 Å². The Labute approximate surface area is 172 Å². The minimum absolute atomic E-state index is 0.0227. The van der Waals surface area contributed by atoms with Gasteiger partial charge in [0.05, 0.1) is 5.92 Å². The maximum absolute atomic E-state index is 12.8. The summed E-state index contributed by atoms with van der Waals surface area (Å²) < 4.78 is 0. The number of benzene rings is 2. The van der Waals surface area contributed by atoms with Crippen molar-refractivity contribution in [1.82, 2.24) is 10.2 Å². The highest BCUT2D eigenvalue weighted by Crippen LogP contribution is 2.26. The Kier molecular flexibility index (Phi) is 5.95. The molecule has 0 bridgehead atoms. The molecule has 0 aromatic heterocycles. The summed E-state index contributed by atoms with van der Waals surface area (Å²) in [6.45, 7) is 5.43. The van der Waals surface area contributed by atoms with Crippen LogP contribution in [0.5, 0.6) is 0 Å². The maximum Gasteiger partial charge on any atom is 0.227 e. The molecule has 29 heavy (non-hydrogen) atoms. The molecule has 2 fully saturated rings. The van der Waals surface area contributed by atoms with Crippen LogP contribution in [0.25, 0.3) is 0 Å². The van der Waals surface area contributed by atoms with Gasteiger partial charge in [0.25, 0.3) is 0 Å². The van der Waals surface area contributed by atoms with E-state index in [-0.39, 0.29) is 23.8 Å². The van der Waals surface area contributed by atoms with Gasteiger partial charge in [-0.1, -0.05) is 48.0 Å². The van der Waals surface area contributed by atoms with Crippen LogP contribution in [0.4, 0.5) is 5.69 Å². The highest BCUT2D eigenvalue weighted by molar-refractivity contribution is 6.00. The molecule has 2 aliphatic rings. The topological polar surface area (TPSA) is 52.7 Å². The van der Waals surface area contributed by atoms with E-state index in [1.165, 1.54) is 5.56 Å². The number of carbonyl (C=O) groups excluding carboxylic acids is 2. The van der Waals surface area contributed by atoms with Crippen molar-refractivity contribution >= 4 is 17.5 Å². The first-order valence-corrected chi connectivity index (χ1v) is 10.5. The Morgan fingerprint density at radius 2 is 1.72 bits per heavy atom. The normalized spacial score (nSPS) is 20.8. The number of rotatable bonds is 5. The van der Waals surface area contributed by atoms with Crippen molar-refractivity contribution in [3.63, 3.8) is 0 Å². The zero-order valence-corrected chi connectivity index (χ0v) is 17.0. The third-order valence-electron chi connectivity index (χ3n) is 6.02. The fraction of sp³-hybridized carbons (Fsp3) is 0.417. The number of aryl methyl sites for hydroxylation is 1. The lowest BCUT2D eigenvalue weighted by Gasteiger charge is -2.32. The second-order valence-corrected chi connectivity index (χ2v) is 8.29. The molecule has 0 saturated carbocycles. The largest absolute Gasteiger partial charge is 0.353 e. The summed E-state index contributed by atoms with van der Waals surface area (Å²) in [5.74, 6) is -0.202. The molecule has 1 N–H and O–H groups in total. The SMILES string of the molecule is Cc1ccc(N2C[C@@H](C(=O)NC3CCN(Cc4ccccc4)CC3)CC2=O)cc1. The summed E-state index contributed by atoms with van der Waals surface area (Å²) in [7, 11) is 0. The van der Waals surface area contributed by atoms with Gasteiger partial charge >= 0.3 is 0 Å². The Morgan fingerprint density at radius 3 is 2.41 bits per heavy atom. The number of likely N-dealkylation sites (tertiary alicyclic amines) is 1. The second-order valence-electron chi connectivity index (χ2n) is 8.29. The monoisotopic (exact) mass is 391 g/mol. The molecular formula is C24H29N3O2. The van der Waals surface area contributed by atoms with Crippen molar-refractivity contribution in [2.75, 3.05) is 24.5 Å². The highest BCUT2D eigenvalue weighted by atomic mass is 16.2. The summed E-state index contributed by atoms with van der Waals surface area (Å²) in [5, 5.41) is 3.20. The van der Waals surface area contributed by atoms with Crippen LogP contribution in [0.3, 0.4) is 0 Å². The second kappa shape index (κ2) is 8.78. The number of nitrogens with one attached hydrogen (secondary N) is 1. The van der Waals surface area contributed by atoms with Gasteiger partial charge in [0.1, 0.15) is 0 Å². The van der Waals surface area contributed by atoms with E-state index >= 15 is 0 Å². The number of carbonyl (C=O) groups is 2. The third kappa shape index (κ3) is 4.85. The molecule has 2 aliphatic heterocycles. The van der Waals surface area contributed by atoms with E-state index < -0.39 is 0 Å². The molecular weight excluding hydrogens is 362 g/mol. The molecule has 2 heterocycles. The van der Waals surface area contributed by atoms with Crippen LogP contribution in [-0.2, 0) is 16.1 Å². The molecule has 1 atom stereocenters. The summed E-state index contributed by atoms with van der Waals surface area (Å²) in [6, 6.07) is 18.6. The molecule has 0 unspecified atom stereocenters.